The minimum Gasteiger partial charge on any atom is -1.00 e. The number of rotatable bonds is 2. The van der Waals surface area contributed by atoms with Gasteiger partial charge in [0.25, 0.3) is 0 Å². The molecule has 1 aromatic rings. The largest absolute Gasteiger partial charge is 1.00 e. The van der Waals surface area contributed by atoms with Gasteiger partial charge < -0.3 is 33.6 Å². The molecule has 0 saturated carbocycles. The van der Waals surface area contributed by atoms with Crippen molar-refractivity contribution in [2.24, 2.45) is 0 Å². The van der Waals surface area contributed by atoms with E-state index < -0.39 is 11.9 Å². The van der Waals surface area contributed by atoms with Crippen molar-refractivity contribution >= 4 is 11.9 Å². The van der Waals surface area contributed by atoms with Crippen molar-refractivity contribution in [2.45, 2.75) is 0 Å². The Balaban J connectivity index is -0.000000480. The molecule has 0 aromatic heterocycles. The molecule has 0 bridgehead atoms. The van der Waals surface area contributed by atoms with E-state index in [2.05, 4.69) is 0 Å². The summed E-state index contributed by atoms with van der Waals surface area (Å²) in [7, 11) is 0. The van der Waals surface area contributed by atoms with E-state index in [-0.39, 0.29) is 81.1 Å². The zero-order valence-corrected chi connectivity index (χ0v) is 12.2. The summed E-state index contributed by atoms with van der Waals surface area (Å²) in [5, 5.41) is 18.9. The fourth-order valence-electron chi connectivity index (χ4n) is 0.848. The predicted octanol–water partition coefficient (Wildman–Crippen LogP) is -5.87. The molecule has 0 aliphatic carbocycles. The molecule has 0 aliphatic heterocycles. The summed E-state index contributed by atoms with van der Waals surface area (Å²) < 4.78 is 0. The van der Waals surface area contributed by atoms with E-state index in [4.69, 9.17) is 5.11 Å². The van der Waals surface area contributed by atoms with Crippen molar-refractivity contribution in [3.8, 4) is 0 Å². The Morgan fingerprint density at radius 3 is 1.80 bits per heavy atom. The van der Waals surface area contributed by atoms with Crippen molar-refractivity contribution in [1.82, 2.24) is 6.15 Å². The van der Waals surface area contributed by atoms with Crippen molar-refractivity contribution < 1.29 is 83.6 Å². The molecule has 7 heteroatoms. The molecule has 0 heterocycles. The number of carbonyl (C=O) groups excluding carboxylic acids is 1. The number of aromatic carboxylic acids is 2. The fraction of sp³-hybridized carbons (Fsp3) is 0. The first-order valence-corrected chi connectivity index (χ1v) is 3.16. The van der Waals surface area contributed by atoms with E-state index in [0.29, 0.717) is 0 Å². The Morgan fingerprint density at radius 1 is 1.13 bits per heavy atom. The van der Waals surface area contributed by atoms with Crippen LogP contribution >= 0.6 is 0 Å². The maximum absolute atomic E-state index is 10.4. The second kappa shape index (κ2) is 9.29. The first kappa shape index (κ1) is 20.5. The zero-order chi connectivity index (χ0) is 9.14. The Hall–Kier alpha value is 0.0464. The number of hydrogen-bond acceptors (Lipinski definition) is 3. The summed E-state index contributed by atoms with van der Waals surface area (Å²) in [4.78, 5) is 20.8. The molecule has 0 saturated heterocycles. The van der Waals surface area contributed by atoms with Gasteiger partial charge in [0.05, 0.1) is 11.5 Å². The van der Waals surface area contributed by atoms with Crippen LogP contribution in [-0.4, -0.2) is 17.0 Å². The number of hydrogen-bond donors (Lipinski definition) is 2. The van der Waals surface area contributed by atoms with Crippen LogP contribution < -0.4 is 75.0 Å². The third-order valence-corrected chi connectivity index (χ3v) is 1.38. The van der Waals surface area contributed by atoms with Gasteiger partial charge in [-0.3, -0.25) is 0 Å². The zero-order valence-electron chi connectivity index (χ0n) is 8.36. The van der Waals surface area contributed by atoms with E-state index in [9.17, 15) is 14.7 Å². The van der Waals surface area contributed by atoms with Gasteiger partial charge in [-0.25, -0.2) is 4.79 Å². The van der Waals surface area contributed by atoms with Gasteiger partial charge in [0, 0.05) is 5.56 Å². The first-order valence-electron chi connectivity index (χ1n) is 3.16. The van der Waals surface area contributed by atoms with Crippen LogP contribution in [0.1, 0.15) is 20.7 Å². The summed E-state index contributed by atoms with van der Waals surface area (Å²) in [5.74, 6) is -2.75. The van der Waals surface area contributed by atoms with Crippen molar-refractivity contribution in [2.75, 3.05) is 0 Å². The Labute approximate surface area is 135 Å². The number of carboxylic acid groups (broad SMARTS) is 2. The summed E-state index contributed by atoms with van der Waals surface area (Å²) in [5.41, 5.74) is -0.553. The van der Waals surface area contributed by atoms with Crippen LogP contribution in [0.15, 0.2) is 24.3 Å². The predicted molar refractivity (Wildman–Crippen MR) is 43.7 cm³/mol. The standard InChI is InChI=1S/C8H6O4.ClH.K.H3N/c9-7(10)5-3-1-2-4-6(5)8(11)12;;;/h1-4H,(H,9,10)(H,11,12);1H;;1H3/q;;+1;/p-1. The van der Waals surface area contributed by atoms with Crippen LogP contribution in [0.3, 0.4) is 0 Å². The number of carboxylic acids is 2. The van der Waals surface area contributed by atoms with Crippen LogP contribution in [-0.2, 0) is 0 Å². The average molecular weight is 258 g/mol. The van der Waals surface area contributed by atoms with Gasteiger partial charge in [-0.1, -0.05) is 18.2 Å². The molecule has 5 nitrogen and oxygen atoms in total. The minimum atomic E-state index is -1.48. The molecule has 0 unspecified atom stereocenters. The molecule has 0 atom stereocenters. The maximum atomic E-state index is 10.4. The maximum Gasteiger partial charge on any atom is 1.00 e. The quantitative estimate of drug-likeness (QED) is 0.514. The van der Waals surface area contributed by atoms with E-state index in [1.807, 2.05) is 0 Å². The van der Waals surface area contributed by atoms with Gasteiger partial charge in [0.2, 0.25) is 0 Å². The number of quaternary nitrogens is 1. The van der Waals surface area contributed by atoms with Gasteiger partial charge in [-0.2, -0.15) is 0 Å². The Morgan fingerprint density at radius 2 is 1.53 bits per heavy atom. The van der Waals surface area contributed by atoms with Crippen molar-refractivity contribution in [3.05, 3.63) is 35.4 Å². The summed E-state index contributed by atoms with van der Waals surface area (Å²) >= 11 is 0. The summed E-state index contributed by atoms with van der Waals surface area (Å²) in [6.07, 6.45) is 0. The third kappa shape index (κ3) is 5.62. The van der Waals surface area contributed by atoms with E-state index >= 15 is 0 Å². The summed E-state index contributed by atoms with van der Waals surface area (Å²) in [6.45, 7) is 0. The van der Waals surface area contributed by atoms with Gasteiger partial charge in [-0.05, 0) is 6.07 Å². The first-order chi connectivity index (χ1) is 5.63. The Kier molecular flexibility index (Phi) is 12.7. The van der Waals surface area contributed by atoms with Crippen LogP contribution in [0.4, 0.5) is 0 Å². The van der Waals surface area contributed by atoms with Crippen LogP contribution in [0.2, 0.25) is 0 Å². The van der Waals surface area contributed by atoms with E-state index in [1.165, 1.54) is 24.3 Å². The SMILES string of the molecule is O=C([O-])c1ccccc1C(=O)O.[Cl-].[K+].[NH4+]. The number of carbonyl (C=O) groups is 2. The molecule has 0 spiro atoms. The van der Waals surface area contributed by atoms with E-state index in [0.717, 1.165) is 0 Å². The molecule has 0 amide bonds. The van der Waals surface area contributed by atoms with Crippen molar-refractivity contribution in [1.29, 1.82) is 0 Å². The van der Waals surface area contributed by atoms with Crippen molar-refractivity contribution in [3.63, 3.8) is 0 Å². The van der Waals surface area contributed by atoms with Crippen LogP contribution in [0.5, 0.6) is 0 Å². The Bertz CT molecular complexity index is 312. The average Bonchev–Trinajstić information content (AvgIpc) is 2.04. The molecule has 78 valence electrons. The fourth-order valence-corrected chi connectivity index (χ4v) is 0.848. The molecular formula is C8H9ClKNO4. The molecular weight excluding hydrogens is 249 g/mol. The number of halogens is 1. The second-order valence-corrected chi connectivity index (χ2v) is 2.14. The monoisotopic (exact) mass is 257 g/mol. The van der Waals surface area contributed by atoms with Crippen LogP contribution in [0, 0.1) is 0 Å². The molecule has 0 fully saturated rings. The van der Waals surface area contributed by atoms with Gasteiger partial charge in [-0.15, -0.1) is 0 Å². The molecule has 0 aliphatic rings. The molecule has 1 rings (SSSR count). The second-order valence-electron chi connectivity index (χ2n) is 2.14. The van der Waals surface area contributed by atoms with Gasteiger partial charge in [0.15, 0.2) is 0 Å². The van der Waals surface area contributed by atoms with Gasteiger partial charge in [0.1, 0.15) is 0 Å². The third-order valence-electron chi connectivity index (χ3n) is 1.38. The molecule has 5 N–H and O–H groups in total. The van der Waals surface area contributed by atoms with E-state index in [1.54, 1.807) is 0 Å². The minimum absolute atomic E-state index is 0. The normalized spacial score (nSPS) is 7.47. The smallest absolute Gasteiger partial charge is 1.00 e. The molecule has 0 radical (unpaired) electrons. The van der Waals surface area contributed by atoms with Crippen LogP contribution in [0.25, 0.3) is 0 Å². The van der Waals surface area contributed by atoms with Gasteiger partial charge >= 0.3 is 57.4 Å². The molecule has 15 heavy (non-hydrogen) atoms. The summed E-state index contributed by atoms with van der Waals surface area (Å²) in [6, 6.07) is 5.31. The molecule has 1 aromatic carbocycles. The topological polar surface area (TPSA) is 114 Å². The number of benzene rings is 1.